The SMILES string of the molecule is C1=CC2Sc3c(nc(-c4ccc(-c5cccc(-c6cc(-c7cccc8c7oc7ccccc78)nc(-c7ccccc7)n6)c5)c5ccccc45)c4ccccc34)C2C=C1. The van der Waals surface area contributed by atoms with Gasteiger partial charge < -0.3 is 4.42 Å². The van der Waals surface area contributed by atoms with Crippen LogP contribution >= 0.6 is 11.8 Å². The Morgan fingerprint density at radius 3 is 1.98 bits per heavy atom. The minimum atomic E-state index is 0.276. The number of hydrogen-bond donors (Lipinski definition) is 0. The molecular weight excluding hydrogens is 727 g/mol. The van der Waals surface area contributed by atoms with E-state index in [4.69, 9.17) is 19.4 Å². The molecule has 2 unspecified atom stereocenters. The number of rotatable bonds is 5. The first-order valence-corrected chi connectivity index (χ1v) is 20.6. The summed E-state index contributed by atoms with van der Waals surface area (Å²) in [5.41, 5.74) is 11.9. The quantitative estimate of drug-likeness (QED) is 0.175. The maximum Gasteiger partial charge on any atom is 0.160 e. The first-order valence-electron chi connectivity index (χ1n) is 19.7. The van der Waals surface area contributed by atoms with Crippen LogP contribution in [-0.4, -0.2) is 20.2 Å². The van der Waals surface area contributed by atoms with Gasteiger partial charge in [0.2, 0.25) is 0 Å². The van der Waals surface area contributed by atoms with Crippen molar-refractivity contribution in [3.8, 4) is 56.3 Å². The zero-order chi connectivity index (χ0) is 38.2. The highest BCUT2D eigenvalue weighted by Crippen LogP contribution is 2.52. The monoisotopic (exact) mass is 759 g/mol. The van der Waals surface area contributed by atoms with Gasteiger partial charge in [-0.2, -0.15) is 0 Å². The van der Waals surface area contributed by atoms with Crippen molar-refractivity contribution < 1.29 is 4.42 Å². The summed E-state index contributed by atoms with van der Waals surface area (Å²) in [4.78, 5) is 17.2. The first kappa shape index (κ1) is 33.1. The van der Waals surface area contributed by atoms with Gasteiger partial charge in [0.25, 0.3) is 0 Å². The molecule has 4 nitrogen and oxygen atoms in total. The van der Waals surface area contributed by atoms with E-state index in [0.717, 1.165) is 72.4 Å². The summed E-state index contributed by atoms with van der Waals surface area (Å²) in [6, 6.07) is 57.6. The average Bonchev–Trinajstić information content (AvgIpc) is 3.87. The number of nitrogens with zero attached hydrogens (tertiary/aromatic N) is 3. The van der Waals surface area contributed by atoms with E-state index in [0.29, 0.717) is 11.1 Å². The summed E-state index contributed by atoms with van der Waals surface area (Å²) in [7, 11) is 0. The molecule has 0 N–H and O–H groups in total. The third-order valence-corrected chi connectivity index (χ3v) is 13.0. The van der Waals surface area contributed by atoms with E-state index in [9.17, 15) is 0 Å². The number of benzene rings is 7. The minimum absolute atomic E-state index is 0.276. The highest BCUT2D eigenvalue weighted by molar-refractivity contribution is 8.00. The Morgan fingerprint density at radius 1 is 0.448 bits per heavy atom. The topological polar surface area (TPSA) is 51.8 Å². The molecule has 0 saturated carbocycles. The predicted molar refractivity (Wildman–Crippen MR) is 240 cm³/mol. The van der Waals surface area contributed by atoms with Crippen LogP contribution in [0.5, 0.6) is 0 Å². The molecule has 0 radical (unpaired) electrons. The largest absolute Gasteiger partial charge is 0.455 e. The van der Waals surface area contributed by atoms with Crippen molar-refractivity contribution >= 4 is 55.2 Å². The van der Waals surface area contributed by atoms with Crippen molar-refractivity contribution in [3.63, 3.8) is 0 Å². The summed E-state index contributed by atoms with van der Waals surface area (Å²) in [5.74, 6) is 0.943. The van der Waals surface area contributed by atoms with Gasteiger partial charge in [-0.05, 0) is 51.6 Å². The second-order valence-corrected chi connectivity index (χ2v) is 16.2. The second kappa shape index (κ2) is 13.3. The third kappa shape index (κ3) is 5.28. The minimum Gasteiger partial charge on any atom is -0.455 e. The lowest BCUT2D eigenvalue weighted by molar-refractivity contribution is 0.670. The van der Waals surface area contributed by atoms with Crippen LogP contribution in [-0.2, 0) is 0 Å². The third-order valence-electron chi connectivity index (χ3n) is 11.6. The number of para-hydroxylation sites is 2. The number of pyridine rings is 1. The lowest BCUT2D eigenvalue weighted by Crippen LogP contribution is -2.08. The Bertz CT molecular complexity index is 3350. The van der Waals surface area contributed by atoms with Gasteiger partial charge in [0, 0.05) is 54.5 Å². The fourth-order valence-electron chi connectivity index (χ4n) is 8.90. The van der Waals surface area contributed by atoms with Crippen molar-refractivity contribution in [2.45, 2.75) is 16.1 Å². The van der Waals surface area contributed by atoms with E-state index in [2.05, 4.69) is 158 Å². The van der Waals surface area contributed by atoms with Crippen LogP contribution in [0.15, 0.2) is 197 Å². The molecule has 12 rings (SSSR count). The van der Waals surface area contributed by atoms with Gasteiger partial charge in [-0.15, -0.1) is 11.8 Å². The van der Waals surface area contributed by atoms with Crippen molar-refractivity contribution in [2.24, 2.45) is 0 Å². The van der Waals surface area contributed by atoms with Gasteiger partial charge in [-0.1, -0.05) is 164 Å². The summed E-state index contributed by atoms with van der Waals surface area (Å²) >= 11 is 1.94. The molecule has 272 valence electrons. The number of fused-ring (bicyclic) bond motifs is 9. The van der Waals surface area contributed by atoms with Crippen LogP contribution < -0.4 is 0 Å². The summed E-state index contributed by atoms with van der Waals surface area (Å²) in [6.07, 6.45) is 8.96. The van der Waals surface area contributed by atoms with Gasteiger partial charge in [0.1, 0.15) is 11.2 Å². The van der Waals surface area contributed by atoms with E-state index in [1.54, 1.807) is 0 Å². The zero-order valence-electron chi connectivity index (χ0n) is 31.2. The molecule has 2 aliphatic rings. The smallest absolute Gasteiger partial charge is 0.160 e. The van der Waals surface area contributed by atoms with E-state index < -0.39 is 0 Å². The summed E-state index contributed by atoms with van der Waals surface area (Å²) < 4.78 is 6.49. The van der Waals surface area contributed by atoms with Crippen molar-refractivity contribution in [1.29, 1.82) is 0 Å². The molecule has 5 heteroatoms. The van der Waals surface area contributed by atoms with Crippen LogP contribution in [0, 0.1) is 0 Å². The van der Waals surface area contributed by atoms with Crippen LogP contribution in [0.4, 0.5) is 0 Å². The molecule has 1 aliphatic carbocycles. The van der Waals surface area contributed by atoms with E-state index in [-0.39, 0.29) is 5.92 Å². The van der Waals surface area contributed by atoms with Gasteiger partial charge in [0.15, 0.2) is 5.82 Å². The maximum atomic E-state index is 6.49. The summed E-state index contributed by atoms with van der Waals surface area (Å²) in [6.45, 7) is 0. The molecule has 7 aromatic carbocycles. The molecule has 58 heavy (non-hydrogen) atoms. The summed E-state index contributed by atoms with van der Waals surface area (Å²) in [5, 5.41) is 7.37. The van der Waals surface area contributed by atoms with Crippen LogP contribution in [0.1, 0.15) is 11.6 Å². The zero-order valence-corrected chi connectivity index (χ0v) is 32.0. The predicted octanol–water partition coefficient (Wildman–Crippen LogP) is 14.1. The maximum absolute atomic E-state index is 6.49. The molecule has 2 atom stereocenters. The normalized spacial score (nSPS) is 15.7. The van der Waals surface area contributed by atoms with Crippen molar-refractivity contribution in [3.05, 3.63) is 194 Å². The molecular formula is C53H33N3OS. The van der Waals surface area contributed by atoms with Crippen LogP contribution in [0.2, 0.25) is 0 Å². The lowest BCUT2D eigenvalue weighted by Gasteiger charge is -2.17. The van der Waals surface area contributed by atoms with Crippen LogP contribution in [0.3, 0.4) is 0 Å². The molecule has 0 saturated heterocycles. The van der Waals surface area contributed by atoms with Gasteiger partial charge in [-0.25, -0.2) is 9.97 Å². The molecule has 3 aromatic heterocycles. The Balaban J connectivity index is 1.01. The van der Waals surface area contributed by atoms with Crippen molar-refractivity contribution in [1.82, 2.24) is 15.0 Å². The lowest BCUT2D eigenvalue weighted by atomic mass is 9.90. The van der Waals surface area contributed by atoms with E-state index in [1.807, 2.05) is 42.1 Å². The number of furan rings is 1. The number of allylic oxidation sites excluding steroid dienone is 3. The fourth-order valence-corrected chi connectivity index (χ4v) is 10.3. The van der Waals surface area contributed by atoms with Crippen LogP contribution in [0.25, 0.3) is 99.8 Å². The molecule has 0 bridgehead atoms. The number of aromatic nitrogens is 3. The second-order valence-electron chi connectivity index (χ2n) is 15.0. The average molecular weight is 760 g/mol. The molecule has 0 spiro atoms. The standard InChI is InChI=1S/C53H33N3OS/c1-2-14-32(15-3-1)53-54-45(31-46(55-53)43-25-13-24-41-38-20-8-10-26-47(38)57-51(41)43)34-17-12-16-33(30-34)35-28-29-40(37-19-5-4-18-36(35)37)49-39-21-6-7-22-42(39)52-50(56-49)44-23-9-11-27-48(44)58-52/h1-31,44,48H. The van der Waals surface area contributed by atoms with Gasteiger partial charge in [-0.3, -0.25) is 4.98 Å². The number of thioether (sulfide) groups is 1. The highest BCUT2D eigenvalue weighted by atomic mass is 32.2. The Kier molecular flexibility index (Phi) is 7.57. The van der Waals surface area contributed by atoms with Crippen molar-refractivity contribution in [2.75, 3.05) is 0 Å². The Morgan fingerprint density at radius 2 is 1.10 bits per heavy atom. The Hall–Kier alpha value is -7.08. The molecule has 4 heterocycles. The van der Waals surface area contributed by atoms with E-state index >= 15 is 0 Å². The molecule has 1 aliphatic heterocycles. The first-order chi connectivity index (χ1) is 28.7. The highest BCUT2D eigenvalue weighted by Gasteiger charge is 2.35. The van der Waals surface area contributed by atoms with Gasteiger partial charge >= 0.3 is 0 Å². The molecule has 10 aromatic rings. The fraction of sp³-hybridized carbons (Fsp3) is 0.0377. The molecule has 0 fully saturated rings. The number of hydrogen-bond acceptors (Lipinski definition) is 5. The van der Waals surface area contributed by atoms with Gasteiger partial charge in [0.05, 0.1) is 22.8 Å². The molecule has 0 amide bonds. The van der Waals surface area contributed by atoms with E-state index in [1.165, 1.54) is 32.1 Å². The Labute approximate surface area is 339 Å².